The van der Waals surface area contributed by atoms with Crippen LogP contribution in [0.15, 0.2) is 72.3 Å². The van der Waals surface area contributed by atoms with Crippen LogP contribution in [0.25, 0.3) is 0 Å². The lowest BCUT2D eigenvalue weighted by Gasteiger charge is -2.32. The zero-order valence-electron chi connectivity index (χ0n) is 20.8. The molecule has 4 rings (SSSR count). The van der Waals surface area contributed by atoms with Crippen molar-refractivity contribution in [2.24, 2.45) is 0 Å². The summed E-state index contributed by atoms with van der Waals surface area (Å²) in [5.74, 6) is -2.10. The number of ether oxygens (including phenoxy) is 1. The molecule has 2 aromatic rings. The molecule has 37 heavy (non-hydrogen) atoms. The number of carboxylic acids is 1. The van der Waals surface area contributed by atoms with Crippen molar-refractivity contribution in [2.75, 3.05) is 52.6 Å². The maximum atomic E-state index is 12.6. The number of nitrogens with zero attached hydrogens (tertiary/aromatic N) is 3. The van der Waals surface area contributed by atoms with E-state index < -0.39 is 17.5 Å². The van der Waals surface area contributed by atoms with Gasteiger partial charge in [-0.15, -0.1) is 5.06 Å². The van der Waals surface area contributed by atoms with Crippen molar-refractivity contribution in [1.82, 2.24) is 14.9 Å². The maximum absolute atomic E-state index is 12.6. The van der Waals surface area contributed by atoms with E-state index in [1.54, 1.807) is 5.06 Å². The number of carboxylic acid groups (broad SMARTS) is 1. The average Bonchev–Trinajstić information content (AvgIpc) is 3.28. The van der Waals surface area contributed by atoms with E-state index >= 15 is 0 Å². The summed E-state index contributed by atoms with van der Waals surface area (Å²) in [5, 5.41) is 10.6. The number of hydrogen-bond donors (Lipinski definition) is 1. The lowest BCUT2D eigenvalue weighted by molar-refractivity contribution is -0.191. The van der Waals surface area contributed by atoms with Gasteiger partial charge in [-0.1, -0.05) is 60.7 Å². The fourth-order valence-electron chi connectivity index (χ4n) is 4.88. The number of rotatable bonds is 11. The molecule has 9 heteroatoms. The molecule has 0 bridgehead atoms. The van der Waals surface area contributed by atoms with Gasteiger partial charge >= 0.3 is 11.9 Å². The molecule has 2 fully saturated rings. The van der Waals surface area contributed by atoms with E-state index in [-0.39, 0.29) is 18.2 Å². The first-order valence-electron chi connectivity index (χ1n) is 12.5. The van der Waals surface area contributed by atoms with Crippen LogP contribution >= 0.6 is 0 Å². The first-order valence-corrected chi connectivity index (χ1v) is 12.5. The predicted octanol–water partition coefficient (Wildman–Crippen LogP) is 1.96. The Morgan fingerprint density at radius 2 is 1.65 bits per heavy atom. The van der Waals surface area contributed by atoms with Crippen LogP contribution in [0.2, 0.25) is 0 Å². The Morgan fingerprint density at radius 1 is 1.00 bits per heavy atom. The van der Waals surface area contributed by atoms with E-state index in [0.717, 1.165) is 45.0 Å². The molecule has 2 atom stereocenters. The number of hydrogen-bond acceptors (Lipinski definition) is 8. The molecule has 2 aliphatic rings. The maximum Gasteiger partial charge on any atom is 0.360 e. The summed E-state index contributed by atoms with van der Waals surface area (Å²) in [5.41, 5.74) is 1.82. The molecule has 0 spiro atoms. The van der Waals surface area contributed by atoms with E-state index in [9.17, 15) is 14.4 Å². The molecule has 2 saturated heterocycles. The lowest BCUT2D eigenvalue weighted by Crippen LogP contribution is -2.41. The molecule has 0 saturated carbocycles. The molecule has 2 aromatic carbocycles. The second-order valence-corrected chi connectivity index (χ2v) is 9.39. The number of hydroxylamine groups is 2. The van der Waals surface area contributed by atoms with Crippen molar-refractivity contribution in [1.29, 1.82) is 0 Å². The highest BCUT2D eigenvalue weighted by Gasteiger charge is 2.35. The van der Waals surface area contributed by atoms with Gasteiger partial charge in [-0.2, -0.15) is 0 Å². The Morgan fingerprint density at radius 3 is 2.30 bits per heavy atom. The Kier molecular flexibility index (Phi) is 9.56. The number of aldehydes is 1. The van der Waals surface area contributed by atoms with Crippen LogP contribution in [0.3, 0.4) is 0 Å². The van der Waals surface area contributed by atoms with Gasteiger partial charge in [0.05, 0.1) is 25.9 Å². The van der Waals surface area contributed by atoms with Gasteiger partial charge in [-0.25, -0.2) is 9.59 Å². The molecule has 0 aliphatic carbocycles. The van der Waals surface area contributed by atoms with Gasteiger partial charge in [0.1, 0.15) is 5.57 Å². The van der Waals surface area contributed by atoms with E-state index in [1.807, 2.05) is 48.5 Å². The molecule has 9 nitrogen and oxygen atoms in total. The van der Waals surface area contributed by atoms with Gasteiger partial charge in [0.25, 0.3) is 0 Å². The standard InChI is InChI=1S/C28H33N3O6/c32-20-24(16-27(33)34)28(35)37-31-21-30(19-26(31)15-22-7-3-1-4-8-22)18-25(23-9-5-2-6-10-23)17-29-11-13-36-14-12-29/h1-10,16,20,25-26H,11-15,17-19,21H2,(H,33,34)/b24-16+. The summed E-state index contributed by atoms with van der Waals surface area (Å²) in [7, 11) is 0. The zero-order chi connectivity index (χ0) is 26.0. The highest BCUT2D eigenvalue weighted by molar-refractivity contribution is 6.11. The van der Waals surface area contributed by atoms with Crippen LogP contribution in [0.4, 0.5) is 0 Å². The minimum atomic E-state index is -1.38. The summed E-state index contributed by atoms with van der Waals surface area (Å²) >= 11 is 0. The molecular weight excluding hydrogens is 474 g/mol. The number of carbonyl (C=O) groups excluding carboxylic acids is 2. The van der Waals surface area contributed by atoms with Crippen molar-refractivity contribution in [3.8, 4) is 0 Å². The molecule has 2 heterocycles. The molecule has 1 N–H and O–H groups in total. The minimum Gasteiger partial charge on any atom is -0.478 e. The van der Waals surface area contributed by atoms with E-state index in [0.29, 0.717) is 25.7 Å². The van der Waals surface area contributed by atoms with E-state index in [2.05, 4.69) is 21.9 Å². The Hall–Kier alpha value is -3.37. The number of aliphatic carboxylic acids is 1. The van der Waals surface area contributed by atoms with E-state index in [1.165, 1.54) is 5.56 Å². The highest BCUT2D eigenvalue weighted by Crippen LogP contribution is 2.25. The molecule has 196 valence electrons. The third kappa shape index (κ3) is 7.80. The van der Waals surface area contributed by atoms with Crippen molar-refractivity contribution in [3.63, 3.8) is 0 Å². The molecular formula is C28H33N3O6. The summed E-state index contributed by atoms with van der Waals surface area (Å²) < 4.78 is 5.52. The zero-order valence-corrected chi connectivity index (χ0v) is 20.8. The quantitative estimate of drug-likeness (QED) is 0.212. The second kappa shape index (κ2) is 13.3. The third-order valence-electron chi connectivity index (χ3n) is 6.70. The summed E-state index contributed by atoms with van der Waals surface area (Å²) in [4.78, 5) is 45.2. The molecule has 0 amide bonds. The largest absolute Gasteiger partial charge is 0.478 e. The first-order chi connectivity index (χ1) is 18.0. The number of morpholine rings is 1. The van der Waals surface area contributed by atoms with Crippen LogP contribution in [0.1, 0.15) is 17.0 Å². The summed E-state index contributed by atoms with van der Waals surface area (Å²) in [6.07, 6.45) is 1.43. The summed E-state index contributed by atoms with van der Waals surface area (Å²) in [6, 6.07) is 20.2. The van der Waals surface area contributed by atoms with Crippen LogP contribution < -0.4 is 0 Å². The number of benzene rings is 2. The lowest BCUT2D eigenvalue weighted by atomic mass is 9.97. The van der Waals surface area contributed by atoms with Gasteiger partial charge in [0.15, 0.2) is 6.29 Å². The molecule has 2 unspecified atom stereocenters. The first kappa shape index (κ1) is 26.7. The molecule has 0 aromatic heterocycles. The predicted molar refractivity (Wildman–Crippen MR) is 137 cm³/mol. The SMILES string of the molecule is O=C/C(=C\C(=O)O)C(=O)ON1CN(CC(CN2CCOCC2)c2ccccc2)CC1Cc1ccccc1. The Bertz CT molecular complexity index is 1070. The van der Waals surface area contributed by atoms with Gasteiger partial charge in [-0.3, -0.25) is 14.6 Å². The van der Waals surface area contributed by atoms with Gasteiger partial charge in [0.2, 0.25) is 0 Å². The van der Waals surface area contributed by atoms with Crippen molar-refractivity contribution < 1.29 is 29.1 Å². The van der Waals surface area contributed by atoms with Crippen LogP contribution in [0, 0.1) is 0 Å². The normalized spacial score (nSPS) is 20.4. The van der Waals surface area contributed by atoms with Crippen molar-refractivity contribution in [3.05, 3.63) is 83.4 Å². The van der Waals surface area contributed by atoms with Crippen LogP contribution in [-0.2, 0) is 30.4 Å². The van der Waals surface area contributed by atoms with E-state index in [4.69, 9.17) is 14.7 Å². The Balaban J connectivity index is 1.50. The van der Waals surface area contributed by atoms with Crippen LogP contribution in [0.5, 0.6) is 0 Å². The molecule has 2 aliphatic heterocycles. The fraction of sp³-hybridized carbons (Fsp3) is 0.393. The highest BCUT2D eigenvalue weighted by atomic mass is 16.7. The van der Waals surface area contributed by atoms with Crippen LogP contribution in [-0.4, -0.2) is 96.8 Å². The second-order valence-electron chi connectivity index (χ2n) is 9.39. The third-order valence-corrected chi connectivity index (χ3v) is 6.70. The summed E-state index contributed by atoms with van der Waals surface area (Å²) in [6.45, 7) is 5.93. The Labute approximate surface area is 216 Å². The fourth-order valence-corrected chi connectivity index (χ4v) is 4.88. The van der Waals surface area contributed by atoms with Crippen molar-refractivity contribution >= 4 is 18.2 Å². The smallest absolute Gasteiger partial charge is 0.360 e. The number of carbonyl (C=O) groups is 3. The molecule has 0 radical (unpaired) electrons. The topological polar surface area (TPSA) is 99.6 Å². The average molecular weight is 508 g/mol. The van der Waals surface area contributed by atoms with Gasteiger partial charge in [-0.05, 0) is 17.5 Å². The van der Waals surface area contributed by atoms with Gasteiger partial charge < -0.3 is 14.7 Å². The monoisotopic (exact) mass is 507 g/mol. The minimum absolute atomic E-state index is 0.149. The van der Waals surface area contributed by atoms with Crippen molar-refractivity contribution in [2.45, 2.75) is 18.4 Å². The van der Waals surface area contributed by atoms with Gasteiger partial charge in [0, 0.05) is 44.7 Å².